The van der Waals surface area contributed by atoms with E-state index in [-0.39, 0.29) is 5.38 Å². The molecule has 1 aliphatic carbocycles. The van der Waals surface area contributed by atoms with E-state index in [1.54, 1.807) is 6.20 Å². The maximum absolute atomic E-state index is 6.34. The Bertz CT molecular complexity index is 820. The molecule has 0 radical (unpaired) electrons. The van der Waals surface area contributed by atoms with E-state index in [0.29, 0.717) is 0 Å². The Labute approximate surface area is 128 Å². The zero-order valence-corrected chi connectivity index (χ0v) is 12.6. The Balaban J connectivity index is 1.98. The highest BCUT2D eigenvalue weighted by Crippen LogP contribution is 2.30. The van der Waals surface area contributed by atoms with Crippen molar-refractivity contribution in [3.8, 4) is 5.69 Å². The van der Waals surface area contributed by atoms with Crippen LogP contribution >= 0.6 is 11.6 Å². The zero-order valence-electron chi connectivity index (χ0n) is 11.9. The van der Waals surface area contributed by atoms with Crippen LogP contribution in [0.5, 0.6) is 0 Å². The van der Waals surface area contributed by atoms with Gasteiger partial charge in [-0.15, -0.1) is 11.6 Å². The van der Waals surface area contributed by atoms with Crippen molar-refractivity contribution in [3.05, 3.63) is 53.5 Å². The van der Waals surface area contributed by atoms with E-state index in [1.807, 2.05) is 19.1 Å². The lowest BCUT2D eigenvalue weighted by atomic mass is 10.1. The molecular weight excluding hydrogens is 282 g/mol. The van der Waals surface area contributed by atoms with Gasteiger partial charge in [0.05, 0.1) is 5.38 Å². The average Bonchev–Trinajstić information content (AvgIpc) is 3.10. The van der Waals surface area contributed by atoms with Gasteiger partial charge in [-0.05, 0) is 61.6 Å². The van der Waals surface area contributed by atoms with E-state index in [4.69, 9.17) is 11.6 Å². The number of hydrogen-bond donors (Lipinski definition) is 0. The minimum Gasteiger partial charge on any atom is -0.279 e. The predicted molar refractivity (Wildman–Crippen MR) is 85.2 cm³/mol. The number of rotatable bonds is 2. The summed E-state index contributed by atoms with van der Waals surface area (Å²) in [5.41, 5.74) is 5.79. The van der Waals surface area contributed by atoms with Gasteiger partial charge in [-0.1, -0.05) is 6.07 Å². The van der Waals surface area contributed by atoms with Crippen molar-refractivity contribution in [1.29, 1.82) is 0 Å². The maximum atomic E-state index is 6.34. The van der Waals surface area contributed by atoms with E-state index in [0.717, 1.165) is 29.1 Å². The lowest BCUT2D eigenvalue weighted by Gasteiger charge is -2.11. The van der Waals surface area contributed by atoms with E-state index < -0.39 is 0 Å². The zero-order chi connectivity index (χ0) is 14.4. The Kier molecular flexibility index (Phi) is 2.96. The van der Waals surface area contributed by atoms with Crippen molar-refractivity contribution in [2.45, 2.75) is 31.6 Å². The minimum atomic E-state index is -0.160. The van der Waals surface area contributed by atoms with Gasteiger partial charge < -0.3 is 0 Å². The van der Waals surface area contributed by atoms with E-state index in [1.165, 1.54) is 24.0 Å². The third kappa shape index (κ3) is 2.04. The van der Waals surface area contributed by atoms with Crippen molar-refractivity contribution in [2.24, 2.45) is 0 Å². The van der Waals surface area contributed by atoms with Crippen LogP contribution in [0, 0.1) is 0 Å². The van der Waals surface area contributed by atoms with Gasteiger partial charge in [0.2, 0.25) is 0 Å². The SMILES string of the molecule is CC(Cl)c1nc2cccnc2n1-c1ccc2c(c1)CCC2. The summed E-state index contributed by atoms with van der Waals surface area (Å²) >= 11 is 6.34. The highest BCUT2D eigenvalue weighted by atomic mass is 35.5. The van der Waals surface area contributed by atoms with Gasteiger partial charge in [-0.25, -0.2) is 9.97 Å². The van der Waals surface area contributed by atoms with E-state index in [2.05, 4.69) is 32.7 Å². The van der Waals surface area contributed by atoms with Crippen LogP contribution in [0.3, 0.4) is 0 Å². The van der Waals surface area contributed by atoms with Crippen LogP contribution in [0.1, 0.15) is 35.7 Å². The largest absolute Gasteiger partial charge is 0.279 e. The second-order valence-electron chi connectivity index (χ2n) is 5.57. The normalized spacial score (nSPS) is 15.3. The molecule has 1 aliphatic rings. The van der Waals surface area contributed by atoms with Crippen molar-refractivity contribution in [2.75, 3.05) is 0 Å². The molecule has 1 aromatic carbocycles. The van der Waals surface area contributed by atoms with Crippen molar-refractivity contribution in [1.82, 2.24) is 14.5 Å². The first kappa shape index (κ1) is 12.8. The minimum absolute atomic E-state index is 0.160. The summed E-state index contributed by atoms with van der Waals surface area (Å²) in [6.45, 7) is 1.95. The second-order valence-corrected chi connectivity index (χ2v) is 6.23. The summed E-state index contributed by atoms with van der Waals surface area (Å²) in [7, 11) is 0. The van der Waals surface area contributed by atoms with Gasteiger partial charge in [0.25, 0.3) is 0 Å². The fourth-order valence-electron chi connectivity index (χ4n) is 3.15. The third-order valence-electron chi connectivity index (χ3n) is 4.14. The lowest BCUT2D eigenvalue weighted by molar-refractivity contribution is 0.875. The fraction of sp³-hybridized carbons (Fsp3) is 0.294. The fourth-order valence-corrected chi connectivity index (χ4v) is 3.30. The number of hydrogen-bond acceptors (Lipinski definition) is 2. The summed E-state index contributed by atoms with van der Waals surface area (Å²) < 4.78 is 2.09. The number of imidazole rings is 1. The van der Waals surface area contributed by atoms with E-state index >= 15 is 0 Å². The summed E-state index contributed by atoms with van der Waals surface area (Å²) in [6.07, 6.45) is 5.41. The molecule has 0 N–H and O–H groups in total. The van der Waals surface area contributed by atoms with Crippen molar-refractivity contribution >= 4 is 22.8 Å². The molecule has 1 unspecified atom stereocenters. The number of benzene rings is 1. The second kappa shape index (κ2) is 4.85. The molecular formula is C17H16ClN3. The van der Waals surface area contributed by atoms with Gasteiger partial charge in [-0.2, -0.15) is 0 Å². The lowest BCUT2D eigenvalue weighted by Crippen LogP contribution is -2.03. The molecule has 0 saturated carbocycles. The number of aromatic nitrogens is 3. The molecule has 0 fully saturated rings. The molecule has 0 spiro atoms. The molecule has 0 amide bonds. The van der Waals surface area contributed by atoms with Crippen LogP contribution < -0.4 is 0 Å². The van der Waals surface area contributed by atoms with Crippen LogP contribution in [-0.4, -0.2) is 14.5 Å². The quantitative estimate of drug-likeness (QED) is 0.663. The number of halogens is 1. The Morgan fingerprint density at radius 1 is 1.19 bits per heavy atom. The number of alkyl halides is 1. The number of pyridine rings is 1. The number of nitrogens with zero attached hydrogens (tertiary/aromatic N) is 3. The number of fused-ring (bicyclic) bond motifs is 2. The van der Waals surface area contributed by atoms with Crippen LogP contribution in [0.15, 0.2) is 36.5 Å². The average molecular weight is 298 g/mol. The van der Waals surface area contributed by atoms with Crippen LogP contribution in [0.2, 0.25) is 0 Å². The first-order valence-corrected chi connectivity index (χ1v) is 7.77. The molecule has 1 atom stereocenters. The first-order chi connectivity index (χ1) is 10.2. The van der Waals surface area contributed by atoms with Crippen molar-refractivity contribution < 1.29 is 0 Å². The van der Waals surface area contributed by atoms with Crippen LogP contribution in [0.25, 0.3) is 16.9 Å². The third-order valence-corrected chi connectivity index (χ3v) is 4.33. The molecule has 106 valence electrons. The molecule has 3 aromatic rings. The standard InChI is InChI=1S/C17H16ClN3/c1-11(18)16-20-15-6-3-9-19-17(15)21(16)14-8-7-12-4-2-5-13(12)10-14/h3,6-11H,2,4-5H2,1H3. The summed E-state index contributed by atoms with van der Waals surface area (Å²) in [5.74, 6) is 0.850. The smallest absolute Gasteiger partial charge is 0.164 e. The molecule has 0 saturated heterocycles. The molecule has 0 bridgehead atoms. The van der Waals surface area contributed by atoms with Gasteiger partial charge in [-0.3, -0.25) is 4.57 Å². The molecule has 0 aliphatic heterocycles. The van der Waals surface area contributed by atoms with Gasteiger partial charge in [0.15, 0.2) is 5.65 Å². The Morgan fingerprint density at radius 2 is 2.05 bits per heavy atom. The summed E-state index contributed by atoms with van der Waals surface area (Å²) in [4.78, 5) is 9.15. The highest BCUT2D eigenvalue weighted by molar-refractivity contribution is 6.20. The molecule has 2 heterocycles. The van der Waals surface area contributed by atoms with Gasteiger partial charge in [0.1, 0.15) is 11.3 Å². The Hall–Kier alpha value is -1.87. The molecule has 4 rings (SSSR count). The van der Waals surface area contributed by atoms with Crippen LogP contribution in [-0.2, 0) is 12.8 Å². The number of aryl methyl sites for hydroxylation is 2. The first-order valence-electron chi connectivity index (χ1n) is 7.33. The van der Waals surface area contributed by atoms with Gasteiger partial charge >= 0.3 is 0 Å². The Morgan fingerprint density at radius 3 is 2.90 bits per heavy atom. The molecule has 21 heavy (non-hydrogen) atoms. The molecule has 3 nitrogen and oxygen atoms in total. The molecule has 2 aromatic heterocycles. The summed E-state index contributed by atoms with van der Waals surface area (Å²) in [6, 6.07) is 10.5. The maximum Gasteiger partial charge on any atom is 0.164 e. The van der Waals surface area contributed by atoms with Crippen LogP contribution in [0.4, 0.5) is 0 Å². The van der Waals surface area contributed by atoms with Crippen molar-refractivity contribution in [3.63, 3.8) is 0 Å². The van der Waals surface area contributed by atoms with Gasteiger partial charge in [0, 0.05) is 11.9 Å². The van der Waals surface area contributed by atoms with E-state index in [9.17, 15) is 0 Å². The summed E-state index contributed by atoms with van der Waals surface area (Å²) in [5, 5.41) is -0.160. The highest BCUT2D eigenvalue weighted by Gasteiger charge is 2.19. The predicted octanol–water partition coefficient (Wildman–Crippen LogP) is 4.21. The topological polar surface area (TPSA) is 30.7 Å². The monoisotopic (exact) mass is 297 g/mol. The molecule has 4 heteroatoms.